The zero-order chi connectivity index (χ0) is 25.4. The average Bonchev–Trinajstić information content (AvgIpc) is 3.36. The summed E-state index contributed by atoms with van der Waals surface area (Å²) in [4.78, 5) is 21.0. The molecule has 1 fully saturated rings. The molecule has 1 aliphatic carbocycles. The molecule has 1 aliphatic rings. The van der Waals surface area contributed by atoms with E-state index in [1.165, 1.54) is 36.8 Å². The second-order valence-corrected chi connectivity index (χ2v) is 9.08. The maximum atomic E-state index is 14.4. The number of nitrogens with zero attached hydrogens (tertiary/aromatic N) is 4. The molecule has 1 saturated carbocycles. The number of alkyl halides is 3. The van der Waals surface area contributed by atoms with E-state index >= 15 is 0 Å². The van der Waals surface area contributed by atoms with E-state index in [2.05, 4.69) is 31.0 Å². The van der Waals surface area contributed by atoms with E-state index in [9.17, 15) is 27.5 Å². The summed E-state index contributed by atoms with van der Waals surface area (Å²) in [6.07, 6.45) is 1.48. The van der Waals surface area contributed by atoms with Crippen LogP contribution in [0.2, 0.25) is 0 Å². The summed E-state index contributed by atoms with van der Waals surface area (Å²) >= 11 is 0. The Hall–Kier alpha value is -3.48. The fraction of sp³-hybridized carbons (Fsp3) is 0.455. The fourth-order valence-electron chi connectivity index (χ4n) is 3.69. The zero-order valence-electron chi connectivity index (χ0n) is 19.0. The van der Waals surface area contributed by atoms with Crippen molar-refractivity contribution in [2.75, 3.05) is 17.2 Å². The first-order valence-electron chi connectivity index (χ1n) is 11.0. The lowest BCUT2D eigenvalue weighted by molar-refractivity contribution is -0.00179. The van der Waals surface area contributed by atoms with E-state index < -0.39 is 48.4 Å². The molecule has 3 aromatic rings. The van der Waals surface area contributed by atoms with Crippen molar-refractivity contribution in [3.05, 3.63) is 42.1 Å². The molecule has 3 aromatic heterocycles. The molecule has 0 spiro atoms. The van der Waals surface area contributed by atoms with E-state index in [1.54, 1.807) is 6.07 Å². The second kappa shape index (κ2) is 9.29. The van der Waals surface area contributed by atoms with Crippen molar-refractivity contribution in [3.8, 4) is 0 Å². The Morgan fingerprint density at radius 1 is 1.40 bits per heavy atom. The van der Waals surface area contributed by atoms with Gasteiger partial charge >= 0.3 is 0 Å². The van der Waals surface area contributed by atoms with Crippen molar-refractivity contribution >= 4 is 28.9 Å². The molecule has 1 unspecified atom stereocenters. The first kappa shape index (κ1) is 24.6. The number of hydrogen-bond acceptors (Lipinski definition) is 7. The Morgan fingerprint density at radius 2 is 2.17 bits per heavy atom. The van der Waals surface area contributed by atoms with Crippen LogP contribution in [0.3, 0.4) is 0 Å². The Morgan fingerprint density at radius 3 is 2.86 bits per heavy atom. The van der Waals surface area contributed by atoms with Crippen molar-refractivity contribution in [1.82, 2.24) is 24.9 Å². The number of anilines is 3. The molecule has 188 valence electrons. The van der Waals surface area contributed by atoms with Crippen molar-refractivity contribution < 1.29 is 27.5 Å². The molecular weight excluding hydrogens is 470 g/mol. The van der Waals surface area contributed by atoms with Crippen LogP contribution in [0.15, 0.2) is 30.7 Å². The highest BCUT2D eigenvalue weighted by Gasteiger charge is 2.39. The summed E-state index contributed by atoms with van der Waals surface area (Å²) in [6.45, 7) is 2.07. The van der Waals surface area contributed by atoms with E-state index in [4.69, 9.17) is 0 Å². The van der Waals surface area contributed by atoms with Crippen LogP contribution in [-0.4, -0.2) is 60.9 Å². The van der Waals surface area contributed by atoms with Crippen LogP contribution in [0, 0.1) is 5.82 Å². The quantitative estimate of drug-likeness (QED) is 0.354. The average molecular weight is 495 g/mol. The molecule has 0 aromatic carbocycles. The smallest absolute Gasteiger partial charge is 0.255 e. The van der Waals surface area contributed by atoms with Gasteiger partial charge in [0.1, 0.15) is 12.0 Å². The molecule has 0 aliphatic heterocycles. The highest BCUT2D eigenvalue weighted by molar-refractivity contribution is 5.99. The lowest BCUT2D eigenvalue weighted by atomic mass is 10.0. The maximum absolute atomic E-state index is 14.4. The number of rotatable bonds is 8. The highest BCUT2D eigenvalue weighted by Crippen LogP contribution is 2.37. The molecule has 13 heteroatoms. The van der Waals surface area contributed by atoms with Gasteiger partial charge in [-0.25, -0.2) is 32.0 Å². The number of amides is 1. The third-order valence-corrected chi connectivity index (χ3v) is 5.70. The van der Waals surface area contributed by atoms with Gasteiger partial charge in [0.25, 0.3) is 5.91 Å². The molecule has 35 heavy (non-hydrogen) atoms. The number of aliphatic hydroxyl groups is 1. The van der Waals surface area contributed by atoms with Crippen LogP contribution in [0.5, 0.6) is 0 Å². The summed E-state index contributed by atoms with van der Waals surface area (Å²) in [7, 11) is 0. The summed E-state index contributed by atoms with van der Waals surface area (Å²) < 4.78 is 57.2. The van der Waals surface area contributed by atoms with Gasteiger partial charge in [0.15, 0.2) is 17.3 Å². The minimum absolute atomic E-state index is 0.0200. The topological polar surface area (TPSA) is 116 Å². The molecular formula is C22H25F4N7O2. The lowest BCUT2D eigenvalue weighted by Gasteiger charge is -2.23. The number of nitrogens with one attached hydrogen (secondary N) is 3. The molecule has 0 radical (unpaired) electrons. The molecule has 0 bridgehead atoms. The van der Waals surface area contributed by atoms with E-state index in [0.29, 0.717) is 5.65 Å². The van der Waals surface area contributed by atoms with E-state index in [0.717, 1.165) is 6.20 Å². The first-order chi connectivity index (χ1) is 16.4. The number of carbonyl (C=O) groups is 1. The molecule has 4 N–H and O–H groups in total. The van der Waals surface area contributed by atoms with Crippen LogP contribution in [0.1, 0.15) is 43.5 Å². The number of carbonyl (C=O) groups excluding carboxylic acids is 1. The number of aromatic nitrogens is 4. The normalized spacial score (nSPS) is 18.4. The third-order valence-electron chi connectivity index (χ3n) is 5.70. The van der Waals surface area contributed by atoms with Crippen molar-refractivity contribution in [2.24, 2.45) is 0 Å². The molecule has 2 atom stereocenters. The number of hydrogen-bond donors (Lipinski definition) is 4. The van der Waals surface area contributed by atoms with Gasteiger partial charge in [0.05, 0.1) is 35.8 Å². The Kier molecular flexibility index (Phi) is 6.54. The zero-order valence-corrected chi connectivity index (χ0v) is 19.0. The minimum atomic E-state index is -2.82. The third kappa shape index (κ3) is 5.78. The van der Waals surface area contributed by atoms with Gasteiger partial charge in [-0.1, -0.05) is 0 Å². The lowest BCUT2D eigenvalue weighted by Crippen LogP contribution is -2.42. The van der Waals surface area contributed by atoms with Gasteiger partial charge in [0, 0.05) is 37.2 Å². The summed E-state index contributed by atoms with van der Waals surface area (Å²) in [5.41, 5.74) is -1.15. The predicted octanol–water partition coefficient (Wildman–Crippen LogP) is 3.45. The molecule has 0 saturated heterocycles. The summed E-state index contributed by atoms with van der Waals surface area (Å²) in [5.74, 6) is -4.30. The second-order valence-electron chi connectivity index (χ2n) is 9.08. The van der Waals surface area contributed by atoms with E-state index in [-0.39, 0.29) is 35.7 Å². The highest BCUT2D eigenvalue weighted by atomic mass is 19.3. The monoisotopic (exact) mass is 495 g/mol. The van der Waals surface area contributed by atoms with Crippen molar-refractivity contribution in [2.45, 2.75) is 56.8 Å². The maximum Gasteiger partial charge on any atom is 0.255 e. The van der Waals surface area contributed by atoms with Crippen LogP contribution >= 0.6 is 0 Å². The summed E-state index contributed by atoms with van der Waals surface area (Å²) in [5, 5.41) is 21.7. The largest absolute Gasteiger partial charge is 0.387 e. The van der Waals surface area contributed by atoms with Crippen LogP contribution in [0.4, 0.5) is 34.9 Å². The van der Waals surface area contributed by atoms with Gasteiger partial charge in [-0.3, -0.25) is 4.79 Å². The van der Waals surface area contributed by atoms with Gasteiger partial charge in [-0.05, 0) is 20.3 Å². The molecule has 1 amide bonds. The Labute approximate surface area is 198 Å². The van der Waals surface area contributed by atoms with Gasteiger partial charge in [-0.15, -0.1) is 0 Å². The minimum Gasteiger partial charge on any atom is -0.387 e. The van der Waals surface area contributed by atoms with Crippen LogP contribution < -0.4 is 16.0 Å². The Balaban J connectivity index is 1.59. The molecule has 4 rings (SSSR count). The SMILES string of the molecule is CC(C)(O)[C@H](F)CNC(=O)c1cnc(Nc2nc3ccnn3cc2F)cc1NC1CCC(F)(F)C1. The van der Waals surface area contributed by atoms with Crippen LogP contribution in [0.25, 0.3) is 5.65 Å². The van der Waals surface area contributed by atoms with Crippen molar-refractivity contribution in [1.29, 1.82) is 0 Å². The van der Waals surface area contributed by atoms with Gasteiger partial charge < -0.3 is 21.1 Å². The fourth-order valence-corrected chi connectivity index (χ4v) is 3.69. The van der Waals surface area contributed by atoms with Crippen molar-refractivity contribution in [3.63, 3.8) is 0 Å². The predicted molar refractivity (Wildman–Crippen MR) is 120 cm³/mol. The number of pyridine rings is 1. The van der Waals surface area contributed by atoms with Gasteiger partial charge in [0.2, 0.25) is 5.92 Å². The first-order valence-corrected chi connectivity index (χ1v) is 11.0. The number of fused-ring (bicyclic) bond motifs is 1. The number of halogens is 4. The van der Waals surface area contributed by atoms with Gasteiger partial charge in [-0.2, -0.15) is 5.10 Å². The molecule has 9 nitrogen and oxygen atoms in total. The van der Waals surface area contributed by atoms with E-state index in [1.807, 2.05) is 0 Å². The summed E-state index contributed by atoms with van der Waals surface area (Å²) in [6, 6.07) is 2.33. The standard InChI is InChI=1S/C22H25F4N7O2/c1-21(2,35)16(24)10-28-20(34)13-9-27-17(7-15(13)30-12-3-5-22(25,26)8-12)31-19-14(23)11-33-18(32-19)4-6-29-33/h4,6-7,9,11-12,16,35H,3,5,8,10H2,1-2H3,(H,28,34)(H2,27,30,31,32)/t12?,16-/m1/s1. The Bertz CT molecular complexity index is 1230. The van der Waals surface area contributed by atoms with Crippen LogP contribution in [-0.2, 0) is 0 Å². The molecule has 3 heterocycles.